The van der Waals surface area contributed by atoms with Crippen molar-refractivity contribution in [3.05, 3.63) is 52.1 Å². The van der Waals surface area contributed by atoms with Crippen molar-refractivity contribution in [1.82, 2.24) is 0 Å². The maximum atomic E-state index is 12.3. The molecule has 1 amide bonds. The molecular formula is C18H17N3O7. The summed E-state index contributed by atoms with van der Waals surface area (Å²) < 4.78 is 15.9. The Hall–Kier alpha value is -3.82. The number of hydrogen-bond donors (Lipinski definition) is 2. The minimum atomic E-state index is -1.17. The number of fused-ring (bicyclic) bond motifs is 1. The van der Waals surface area contributed by atoms with E-state index < -0.39 is 22.9 Å². The van der Waals surface area contributed by atoms with E-state index in [1.54, 1.807) is 18.2 Å². The van der Waals surface area contributed by atoms with E-state index in [4.69, 9.17) is 19.9 Å². The van der Waals surface area contributed by atoms with Crippen molar-refractivity contribution in [2.75, 3.05) is 24.3 Å². The van der Waals surface area contributed by atoms with Crippen molar-refractivity contribution in [2.24, 2.45) is 0 Å². The number of non-ortho nitro benzene ring substituents is 1. The fourth-order valence-corrected chi connectivity index (χ4v) is 2.48. The van der Waals surface area contributed by atoms with Crippen LogP contribution < -0.4 is 20.5 Å². The van der Waals surface area contributed by atoms with Crippen LogP contribution in [0.3, 0.4) is 0 Å². The van der Waals surface area contributed by atoms with Crippen molar-refractivity contribution >= 4 is 28.9 Å². The fourth-order valence-electron chi connectivity index (χ4n) is 2.48. The van der Waals surface area contributed by atoms with Gasteiger partial charge in [0.25, 0.3) is 11.6 Å². The van der Waals surface area contributed by atoms with E-state index in [1.165, 1.54) is 19.1 Å². The van der Waals surface area contributed by atoms with Crippen molar-refractivity contribution < 1.29 is 28.7 Å². The Balaban J connectivity index is 1.66. The van der Waals surface area contributed by atoms with Gasteiger partial charge >= 0.3 is 5.97 Å². The van der Waals surface area contributed by atoms with Crippen LogP contribution in [-0.4, -0.2) is 36.1 Å². The molecule has 28 heavy (non-hydrogen) atoms. The number of nitrogens with zero attached hydrogens (tertiary/aromatic N) is 1. The van der Waals surface area contributed by atoms with Crippen LogP contribution in [0.5, 0.6) is 11.5 Å². The van der Waals surface area contributed by atoms with E-state index in [0.717, 1.165) is 6.07 Å². The number of nitrogens with two attached hydrogens (primary N) is 1. The van der Waals surface area contributed by atoms with Gasteiger partial charge < -0.3 is 25.3 Å². The number of amides is 1. The molecule has 0 bridgehead atoms. The average Bonchev–Trinajstić information content (AvgIpc) is 2.67. The summed E-state index contributed by atoms with van der Waals surface area (Å²) in [6.07, 6.45) is -1.17. The quantitative estimate of drug-likeness (QED) is 0.344. The molecule has 1 aliphatic heterocycles. The lowest BCUT2D eigenvalue weighted by atomic mass is 10.1. The Kier molecular flexibility index (Phi) is 5.30. The molecule has 0 saturated heterocycles. The van der Waals surface area contributed by atoms with Gasteiger partial charge in [-0.2, -0.15) is 0 Å². The molecule has 3 rings (SSSR count). The number of benzene rings is 2. The van der Waals surface area contributed by atoms with Gasteiger partial charge in [-0.1, -0.05) is 0 Å². The Bertz CT molecular complexity index is 945. The van der Waals surface area contributed by atoms with Gasteiger partial charge in [0.05, 0.1) is 10.5 Å². The standard InChI is InChI=1S/C18H17N3O7/c1-10(28-18(23)13-9-12(21(24)25)3-4-14(13)19)17(22)20-11-2-5-15-16(8-11)27-7-6-26-15/h2-5,8-10H,6-7,19H2,1H3,(H,20,22)/t10-/m1/s1. The van der Waals surface area contributed by atoms with Crippen molar-refractivity contribution in [2.45, 2.75) is 13.0 Å². The van der Waals surface area contributed by atoms with Gasteiger partial charge in [-0.15, -0.1) is 0 Å². The highest BCUT2D eigenvalue weighted by Gasteiger charge is 2.23. The summed E-state index contributed by atoms with van der Waals surface area (Å²) in [6.45, 7) is 2.23. The number of nitro groups is 1. The number of carbonyl (C=O) groups excluding carboxylic acids is 2. The van der Waals surface area contributed by atoms with Gasteiger partial charge in [0.2, 0.25) is 0 Å². The SMILES string of the molecule is C[C@@H](OC(=O)c1cc([N+](=O)[O-])ccc1N)C(=O)Nc1ccc2c(c1)OCCO2. The summed E-state index contributed by atoms with van der Waals surface area (Å²) in [6, 6.07) is 8.28. The lowest BCUT2D eigenvalue weighted by Crippen LogP contribution is -2.30. The van der Waals surface area contributed by atoms with E-state index >= 15 is 0 Å². The van der Waals surface area contributed by atoms with E-state index in [1.807, 2.05) is 0 Å². The monoisotopic (exact) mass is 387 g/mol. The van der Waals surface area contributed by atoms with Gasteiger partial charge in [0.1, 0.15) is 13.2 Å². The average molecular weight is 387 g/mol. The van der Waals surface area contributed by atoms with E-state index in [0.29, 0.717) is 30.4 Å². The summed E-state index contributed by atoms with van der Waals surface area (Å²) in [5.74, 6) is -0.456. The third-order valence-corrected chi connectivity index (χ3v) is 3.93. The Labute approximate surface area is 159 Å². The van der Waals surface area contributed by atoms with Gasteiger partial charge in [-0.3, -0.25) is 14.9 Å². The third-order valence-electron chi connectivity index (χ3n) is 3.93. The number of esters is 1. The molecule has 0 aromatic heterocycles. The molecule has 1 atom stereocenters. The zero-order chi connectivity index (χ0) is 20.3. The van der Waals surface area contributed by atoms with Crippen LogP contribution in [0, 0.1) is 10.1 Å². The first kappa shape index (κ1) is 19.0. The predicted molar refractivity (Wildman–Crippen MR) is 98.4 cm³/mol. The topological polar surface area (TPSA) is 143 Å². The molecule has 10 nitrogen and oxygen atoms in total. The van der Waals surface area contributed by atoms with Crippen LogP contribution in [-0.2, 0) is 9.53 Å². The second kappa shape index (κ2) is 7.82. The third kappa shape index (κ3) is 4.11. The molecule has 2 aromatic carbocycles. The molecule has 0 unspecified atom stereocenters. The molecule has 146 valence electrons. The number of hydrogen-bond acceptors (Lipinski definition) is 8. The number of rotatable bonds is 5. The Morgan fingerprint density at radius 2 is 1.89 bits per heavy atom. The molecular weight excluding hydrogens is 370 g/mol. The molecule has 0 aliphatic carbocycles. The normalized spacial score (nSPS) is 13.3. The maximum absolute atomic E-state index is 12.3. The minimum absolute atomic E-state index is 0.00930. The number of nitrogen functional groups attached to an aromatic ring is 1. The van der Waals surface area contributed by atoms with Gasteiger partial charge in [-0.05, 0) is 25.1 Å². The first-order valence-corrected chi connectivity index (χ1v) is 8.30. The lowest BCUT2D eigenvalue weighted by Gasteiger charge is -2.19. The van der Waals surface area contributed by atoms with Crippen LogP contribution in [0.1, 0.15) is 17.3 Å². The molecule has 0 radical (unpaired) electrons. The molecule has 1 aliphatic rings. The first-order valence-electron chi connectivity index (χ1n) is 8.30. The van der Waals surface area contributed by atoms with Crippen molar-refractivity contribution in [1.29, 1.82) is 0 Å². The van der Waals surface area contributed by atoms with Crippen LogP contribution in [0.15, 0.2) is 36.4 Å². The maximum Gasteiger partial charge on any atom is 0.341 e. The first-order chi connectivity index (χ1) is 13.3. The largest absolute Gasteiger partial charge is 0.486 e. The van der Waals surface area contributed by atoms with Crippen LogP contribution >= 0.6 is 0 Å². The zero-order valence-electron chi connectivity index (χ0n) is 14.8. The summed E-state index contributed by atoms with van der Waals surface area (Å²) in [4.78, 5) is 34.8. The summed E-state index contributed by atoms with van der Waals surface area (Å²) in [7, 11) is 0. The zero-order valence-corrected chi connectivity index (χ0v) is 14.8. The fraction of sp³-hybridized carbons (Fsp3) is 0.222. The number of anilines is 2. The lowest BCUT2D eigenvalue weighted by molar-refractivity contribution is -0.384. The van der Waals surface area contributed by atoms with Gasteiger partial charge in [0.15, 0.2) is 17.6 Å². The van der Waals surface area contributed by atoms with E-state index in [-0.39, 0.29) is 16.9 Å². The minimum Gasteiger partial charge on any atom is -0.486 e. The highest BCUT2D eigenvalue weighted by molar-refractivity contribution is 6.00. The second-order valence-corrected chi connectivity index (χ2v) is 5.92. The number of carbonyl (C=O) groups is 2. The van der Waals surface area contributed by atoms with Crippen molar-refractivity contribution in [3.63, 3.8) is 0 Å². The van der Waals surface area contributed by atoms with Gasteiger partial charge in [-0.25, -0.2) is 4.79 Å². The molecule has 0 saturated carbocycles. The van der Waals surface area contributed by atoms with E-state index in [2.05, 4.69) is 5.32 Å². The van der Waals surface area contributed by atoms with Crippen molar-refractivity contribution in [3.8, 4) is 11.5 Å². The molecule has 2 aromatic rings. The Morgan fingerprint density at radius 3 is 2.61 bits per heavy atom. The van der Waals surface area contributed by atoms with E-state index in [9.17, 15) is 19.7 Å². The highest BCUT2D eigenvalue weighted by Crippen LogP contribution is 2.32. The smallest absolute Gasteiger partial charge is 0.341 e. The molecule has 10 heteroatoms. The molecule has 3 N–H and O–H groups in total. The van der Waals surface area contributed by atoms with Crippen LogP contribution in [0.4, 0.5) is 17.1 Å². The second-order valence-electron chi connectivity index (χ2n) is 5.92. The summed E-state index contributed by atoms with van der Waals surface area (Å²) in [5, 5.41) is 13.5. The predicted octanol–water partition coefficient (Wildman–Crippen LogP) is 2.13. The van der Waals surface area contributed by atoms with Crippen LogP contribution in [0.25, 0.3) is 0 Å². The number of nitrogens with one attached hydrogen (secondary N) is 1. The molecule has 1 heterocycles. The number of nitro benzene ring substituents is 1. The Morgan fingerprint density at radius 1 is 1.18 bits per heavy atom. The molecule has 0 spiro atoms. The van der Waals surface area contributed by atoms with Crippen LogP contribution in [0.2, 0.25) is 0 Å². The highest BCUT2D eigenvalue weighted by atomic mass is 16.6. The van der Waals surface area contributed by atoms with Gasteiger partial charge in [0, 0.05) is 29.6 Å². The summed E-state index contributed by atoms with van der Waals surface area (Å²) in [5.41, 5.74) is 5.63. The number of ether oxygens (including phenoxy) is 3. The molecule has 0 fully saturated rings. The summed E-state index contributed by atoms with van der Waals surface area (Å²) >= 11 is 0.